The zero-order valence-electron chi connectivity index (χ0n) is 9.23. The summed E-state index contributed by atoms with van der Waals surface area (Å²) in [4.78, 5) is 19.3. The van der Waals surface area contributed by atoms with Crippen LogP contribution in [0.5, 0.6) is 0 Å². The van der Waals surface area contributed by atoms with Crippen LogP contribution in [0.1, 0.15) is 12.6 Å². The van der Waals surface area contributed by atoms with Gasteiger partial charge in [-0.25, -0.2) is 4.98 Å². The number of aromatic amines is 1. The molecule has 0 saturated carbocycles. The number of rotatable bonds is 2. The summed E-state index contributed by atoms with van der Waals surface area (Å²) in [5, 5.41) is 2.83. The maximum absolute atomic E-state index is 11.7. The second-order valence-corrected chi connectivity index (χ2v) is 4.11. The Labute approximate surface area is 103 Å². The molecule has 0 fully saturated rings. The van der Waals surface area contributed by atoms with Crippen molar-refractivity contribution in [1.29, 1.82) is 0 Å². The van der Waals surface area contributed by atoms with Gasteiger partial charge in [-0.15, -0.1) is 0 Å². The van der Waals surface area contributed by atoms with Crippen LogP contribution < -0.4 is 10.9 Å². The molecule has 17 heavy (non-hydrogen) atoms. The topological polar surface area (TPSA) is 57.8 Å². The van der Waals surface area contributed by atoms with Crippen molar-refractivity contribution < 1.29 is 0 Å². The SMILES string of the molecule is CC(=S)NC=Cc1nc2ccccc2[nH]c1=O. The lowest BCUT2D eigenvalue weighted by Gasteiger charge is -1.98. The molecule has 0 radical (unpaired) electrons. The molecule has 5 heteroatoms. The van der Waals surface area contributed by atoms with Gasteiger partial charge in [0, 0.05) is 6.20 Å². The molecule has 2 N–H and O–H groups in total. The van der Waals surface area contributed by atoms with Gasteiger partial charge in [0.15, 0.2) is 0 Å². The van der Waals surface area contributed by atoms with Crippen LogP contribution in [0.25, 0.3) is 17.1 Å². The van der Waals surface area contributed by atoms with Gasteiger partial charge in [0.2, 0.25) is 0 Å². The Hall–Kier alpha value is -2.01. The van der Waals surface area contributed by atoms with E-state index in [9.17, 15) is 4.79 Å². The highest BCUT2D eigenvalue weighted by atomic mass is 32.1. The largest absolute Gasteiger partial charge is 0.356 e. The van der Waals surface area contributed by atoms with Gasteiger partial charge in [-0.2, -0.15) is 0 Å². The number of hydrogen-bond acceptors (Lipinski definition) is 3. The summed E-state index contributed by atoms with van der Waals surface area (Å²) in [6.45, 7) is 1.76. The third-order valence-electron chi connectivity index (χ3n) is 2.15. The van der Waals surface area contributed by atoms with Crippen molar-refractivity contribution in [3.8, 4) is 0 Å². The molecule has 86 valence electrons. The van der Waals surface area contributed by atoms with E-state index in [-0.39, 0.29) is 5.56 Å². The zero-order valence-corrected chi connectivity index (χ0v) is 10.0. The van der Waals surface area contributed by atoms with E-state index in [1.54, 1.807) is 19.2 Å². The van der Waals surface area contributed by atoms with Crippen molar-refractivity contribution in [2.45, 2.75) is 6.92 Å². The molecule has 2 rings (SSSR count). The minimum absolute atomic E-state index is 0.219. The van der Waals surface area contributed by atoms with Crippen LogP contribution in [-0.2, 0) is 0 Å². The van der Waals surface area contributed by atoms with Crippen molar-refractivity contribution in [1.82, 2.24) is 15.3 Å². The Morgan fingerprint density at radius 3 is 3.00 bits per heavy atom. The van der Waals surface area contributed by atoms with Crippen molar-refractivity contribution in [3.05, 3.63) is 46.5 Å². The molecule has 0 aliphatic rings. The molecule has 0 spiro atoms. The van der Waals surface area contributed by atoms with E-state index in [0.29, 0.717) is 10.7 Å². The van der Waals surface area contributed by atoms with E-state index < -0.39 is 0 Å². The summed E-state index contributed by atoms with van der Waals surface area (Å²) in [7, 11) is 0. The number of nitrogens with one attached hydrogen (secondary N) is 2. The first-order valence-corrected chi connectivity index (χ1v) is 5.50. The average molecular weight is 245 g/mol. The van der Waals surface area contributed by atoms with Crippen molar-refractivity contribution in [3.63, 3.8) is 0 Å². The number of H-pyrrole nitrogens is 1. The second-order valence-electron chi connectivity index (χ2n) is 3.50. The first kappa shape index (κ1) is 11.5. The average Bonchev–Trinajstić information content (AvgIpc) is 2.29. The molecular weight excluding hydrogens is 234 g/mol. The molecule has 0 amide bonds. The van der Waals surface area contributed by atoms with Crippen LogP contribution in [0.4, 0.5) is 0 Å². The lowest BCUT2D eigenvalue weighted by atomic mass is 10.3. The monoisotopic (exact) mass is 245 g/mol. The second kappa shape index (κ2) is 4.88. The molecule has 0 aliphatic heterocycles. The van der Waals surface area contributed by atoms with Crippen LogP contribution in [-0.4, -0.2) is 15.0 Å². The molecule has 4 nitrogen and oxygen atoms in total. The van der Waals surface area contributed by atoms with Crippen LogP contribution in [0.2, 0.25) is 0 Å². The highest BCUT2D eigenvalue weighted by Gasteiger charge is 2.00. The minimum Gasteiger partial charge on any atom is -0.356 e. The molecule has 0 saturated heterocycles. The number of nitrogens with zero attached hydrogens (tertiary/aromatic N) is 1. The fraction of sp³-hybridized carbons (Fsp3) is 0.0833. The summed E-state index contributed by atoms with van der Waals surface area (Å²) < 4.78 is 0. The fourth-order valence-corrected chi connectivity index (χ4v) is 1.46. The van der Waals surface area contributed by atoms with Crippen molar-refractivity contribution in [2.75, 3.05) is 0 Å². The number of thiocarbonyl (C=S) groups is 1. The number of aromatic nitrogens is 2. The number of hydrogen-bond donors (Lipinski definition) is 2. The summed E-state index contributed by atoms with van der Waals surface area (Å²) in [6, 6.07) is 7.39. The third kappa shape index (κ3) is 2.76. The van der Waals surface area contributed by atoms with Gasteiger partial charge in [-0.05, 0) is 25.1 Å². The fourth-order valence-electron chi connectivity index (χ4n) is 1.39. The Morgan fingerprint density at radius 2 is 2.24 bits per heavy atom. The van der Waals surface area contributed by atoms with Gasteiger partial charge < -0.3 is 10.3 Å². The number of para-hydroxylation sites is 2. The lowest BCUT2D eigenvalue weighted by Crippen LogP contribution is -2.13. The van der Waals surface area contributed by atoms with Crippen molar-refractivity contribution >= 4 is 34.3 Å². The molecule has 2 aromatic rings. The molecule has 1 aromatic carbocycles. The summed E-state index contributed by atoms with van der Waals surface area (Å²) >= 11 is 4.85. The van der Waals surface area contributed by atoms with Crippen molar-refractivity contribution in [2.24, 2.45) is 0 Å². The summed E-state index contributed by atoms with van der Waals surface area (Å²) in [5.41, 5.74) is 1.62. The Kier molecular flexibility index (Phi) is 3.30. The van der Waals surface area contributed by atoms with Crippen LogP contribution in [0.15, 0.2) is 35.3 Å². The highest BCUT2D eigenvalue weighted by Crippen LogP contribution is 2.06. The maximum atomic E-state index is 11.7. The molecule has 0 bridgehead atoms. The van der Waals surface area contributed by atoms with Gasteiger partial charge in [-0.1, -0.05) is 24.4 Å². The zero-order chi connectivity index (χ0) is 12.3. The highest BCUT2D eigenvalue weighted by molar-refractivity contribution is 7.80. The Morgan fingerprint density at radius 1 is 1.47 bits per heavy atom. The Balaban J connectivity index is 2.41. The summed E-state index contributed by atoms with van der Waals surface area (Å²) in [5.74, 6) is 0. The first-order chi connectivity index (χ1) is 8.16. The first-order valence-electron chi connectivity index (χ1n) is 5.09. The van der Waals surface area contributed by atoms with Crippen LogP contribution >= 0.6 is 12.2 Å². The molecule has 0 atom stereocenters. The maximum Gasteiger partial charge on any atom is 0.274 e. The van der Waals surface area contributed by atoms with E-state index in [2.05, 4.69) is 15.3 Å². The normalized spacial score (nSPS) is 10.9. The van der Waals surface area contributed by atoms with E-state index >= 15 is 0 Å². The van der Waals surface area contributed by atoms with E-state index in [1.807, 2.05) is 24.3 Å². The Bertz CT molecular complexity index is 645. The summed E-state index contributed by atoms with van der Waals surface area (Å²) in [6.07, 6.45) is 3.20. The quantitative estimate of drug-likeness (QED) is 0.793. The predicted octanol–water partition coefficient (Wildman–Crippen LogP) is 1.83. The molecule has 1 aromatic heterocycles. The predicted molar refractivity (Wildman–Crippen MR) is 72.8 cm³/mol. The number of benzene rings is 1. The van der Waals surface area contributed by atoms with Crippen LogP contribution in [0, 0.1) is 0 Å². The smallest absolute Gasteiger partial charge is 0.274 e. The van der Waals surface area contributed by atoms with Gasteiger partial charge in [-0.3, -0.25) is 4.79 Å². The third-order valence-corrected chi connectivity index (χ3v) is 2.27. The van der Waals surface area contributed by atoms with E-state index in [4.69, 9.17) is 12.2 Å². The van der Waals surface area contributed by atoms with Gasteiger partial charge >= 0.3 is 0 Å². The van der Waals surface area contributed by atoms with Gasteiger partial charge in [0.05, 0.1) is 16.0 Å². The van der Waals surface area contributed by atoms with E-state index in [1.165, 1.54) is 0 Å². The number of fused-ring (bicyclic) bond motifs is 1. The van der Waals surface area contributed by atoms with Gasteiger partial charge in [0.25, 0.3) is 5.56 Å². The molecule has 0 aliphatic carbocycles. The lowest BCUT2D eigenvalue weighted by molar-refractivity contribution is 1.18. The molecule has 0 unspecified atom stereocenters. The van der Waals surface area contributed by atoms with Gasteiger partial charge in [0.1, 0.15) is 5.69 Å². The minimum atomic E-state index is -0.219. The molecule has 1 heterocycles. The molecular formula is C12H11N3OS. The van der Waals surface area contributed by atoms with E-state index in [0.717, 1.165) is 11.0 Å². The van der Waals surface area contributed by atoms with Crippen LogP contribution in [0.3, 0.4) is 0 Å². The standard InChI is InChI=1S/C12H11N3OS/c1-8(17)13-7-6-11-12(16)15-10-5-3-2-4-9(10)14-11/h2-7H,1H3,(H,13,17)(H,15,16).